The number of rotatable bonds is 6. The van der Waals surface area contributed by atoms with E-state index in [0.717, 1.165) is 13.2 Å². The Kier molecular flexibility index (Phi) is 5.18. The molecule has 0 bridgehead atoms. The van der Waals surface area contributed by atoms with Gasteiger partial charge in [-0.05, 0) is 13.2 Å². The van der Waals surface area contributed by atoms with Gasteiger partial charge in [0.1, 0.15) is 0 Å². The van der Waals surface area contributed by atoms with Crippen LogP contribution in [0, 0.1) is 0 Å². The van der Waals surface area contributed by atoms with Gasteiger partial charge in [-0.25, -0.2) is 0 Å². The fourth-order valence-electron chi connectivity index (χ4n) is 1.98. The van der Waals surface area contributed by atoms with Gasteiger partial charge in [0.05, 0.1) is 14.7 Å². The topological polar surface area (TPSA) is 12.5 Å². The molecule has 16 heavy (non-hydrogen) atoms. The van der Waals surface area contributed by atoms with Crippen LogP contribution in [0.1, 0.15) is 0 Å². The Bertz CT molecular complexity index is 300. The summed E-state index contributed by atoms with van der Waals surface area (Å²) in [5.74, 6) is 0. The van der Waals surface area contributed by atoms with Crippen molar-refractivity contribution in [3.8, 4) is 0 Å². The van der Waals surface area contributed by atoms with E-state index in [4.69, 9.17) is 4.74 Å². The molecule has 1 aromatic carbocycles. The maximum atomic E-state index is 5.11. The highest BCUT2D eigenvalue weighted by Gasteiger charge is 2.24. The Morgan fingerprint density at radius 3 is 2.38 bits per heavy atom. The normalized spacial score (nSPS) is 12.1. The van der Waals surface area contributed by atoms with E-state index in [-0.39, 0.29) is 0 Å². The van der Waals surface area contributed by atoms with Crippen molar-refractivity contribution < 1.29 is 4.74 Å². The molecule has 0 saturated heterocycles. The lowest BCUT2D eigenvalue weighted by Crippen LogP contribution is -2.51. The summed E-state index contributed by atoms with van der Waals surface area (Å²) in [5.41, 5.74) is 0. The predicted octanol–water partition coefficient (Wildman–Crippen LogP) is 1.72. The molecule has 0 unspecified atom stereocenters. The Labute approximate surface area is 100 Å². The van der Waals surface area contributed by atoms with E-state index < -0.39 is 8.07 Å². The molecule has 0 aliphatic rings. The number of hydrogen-bond donors (Lipinski definition) is 0. The highest BCUT2D eigenvalue weighted by molar-refractivity contribution is 6.89. The van der Waals surface area contributed by atoms with Crippen LogP contribution in [0.4, 0.5) is 0 Å². The molecule has 0 radical (unpaired) electrons. The Hall–Kier alpha value is -0.643. The van der Waals surface area contributed by atoms with E-state index in [1.807, 2.05) is 0 Å². The number of benzene rings is 1. The number of ether oxygens (including phenoxy) is 1. The first-order valence-electron chi connectivity index (χ1n) is 5.79. The first-order valence-corrected chi connectivity index (χ1v) is 9.00. The highest BCUT2D eigenvalue weighted by atomic mass is 28.3. The zero-order chi connectivity index (χ0) is 12.0. The van der Waals surface area contributed by atoms with Gasteiger partial charge in [0.15, 0.2) is 0 Å². The van der Waals surface area contributed by atoms with E-state index in [1.165, 1.54) is 11.4 Å². The molecule has 1 rings (SSSR count). The molecule has 0 amide bonds. The summed E-state index contributed by atoms with van der Waals surface area (Å²) in [7, 11) is 2.61. The summed E-state index contributed by atoms with van der Waals surface area (Å²) in [5, 5.41) is 1.53. The average molecular weight is 237 g/mol. The van der Waals surface area contributed by atoms with Crippen LogP contribution in [0.5, 0.6) is 0 Å². The molecule has 0 heterocycles. The van der Waals surface area contributed by atoms with E-state index in [1.54, 1.807) is 7.11 Å². The molecular weight excluding hydrogens is 214 g/mol. The van der Waals surface area contributed by atoms with Crippen LogP contribution in [-0.4, -0.2) is 46.5 Å². The lowest BCUT2D eigenvalue weighted by atomic mass is 10.4. The molecule has 0 spiro atoms. The number of nitrogens with zero attached hydrogens (tertiary/aromatic N) is 1. The molecule has 0 aliphatic carbocycles. The molecule has 3 heteroatoms. The Morgan fingerprint density at radius 1 is 1.19 bits per heavy atom. The second-order valence-corrected chi connectivity index (χ2v) is 9.64. The lowest BCUT2D eigenvalue weighted by Gasteiger charge is -2.28. The van der Waals surface area contributed by atoms with Crippen molar-refractivity contribution in [2.45, 2.75) is 13.1 Å². The van der Waals surface area contributed by atoms with Gasteiger partial charge in [0, 0.05) is 13.7 Å². The van der Waals surface area contributed by atoms with Crippen LogP contribution in [0.3, 0.4) is 0 Å². The van der Waals surface area contributed by atoms with E-state index in [9.17, 15) is 0 Å². The predicted molar refractivity (Wildman–Crippen MR) is 72.9 cm³/mol. The van der Waals surface area contributed by atoms with Crippen LogP contribution >= 0.6 is 0 Å². The Morgan fingerprint density at radius 2 is 1.81 bits per heavy atom. The minimum absolute atomic E-state index is 0.815. The second-order valence-electron chi connectivity index (χ2n) is 4.98. The SMILES string of the molecule is COCCN(C)C[Si](C)(C)c1ccccc1. The summed E-state index contributed by atoms with van der Waals surface area (Å²) in [4.78, 5) is 2.38. The molecular formula is C13H23NOSi. The van der Waals surface area contributed by atoms with Crippen molar-refractivity contribution in [2.24, 2.45) is 0 Å². The fourth-order valence-corrected chi connectivity index (χ4v) is 4.77. The molecule has 0 aromatic heterocycles. The molecule has 0 N–H and O–H groups in total. The summed E-state index contributed by atoms with van der Waals surface area (Å²) in [6, 6.07) is 10.9. The van der Waals surface area contributed by atoms with Gasteiger partial charge >= 0.3 is 0 Å². The maximum absolute atomic E-state index is 5.11. The monoisotopic (exact) mass is 237 g/mol. The summed E-state index contributed by atoms with van der Waals surface area (Å²) in [6.07, 6.45) is 1.18. The molecule has 0 atom stereocenters. The van der Waals surface area contributed by atoms with Crippen molar-refractivity contribution in [1.82, 2.24) is 4.90 Å². The van der Waals surface area contributed by atoms with Crippen molar-refractivity contribution in [2.75, 3.05) is 33.5 Å². The summed E-state index contributed by atoms with van der Waals surface area (Å²) >= 11 is 0. The van der Waals surface area contributed by atoms with E-state index in [2.05, 4.69) is 55.4 Å². The zero-order valence-corrected chi connectivity index (χ0v) is 11.9. The standard InChI is InChI=1S/C13H23NOSi/c1-14(10-11-15-2)12-16(3,4)13-8-6-5-7-9-13/h5-9H,10-12H2,1-4H3. The molecule has 0 saturated carbocycles. The van der Waals surface area contributed by atoms with Crippen molar-refractivity contribution in [3.63, 3.8) is 0 Å². The number of hydrogen-bond acceptors (Lipinski definition) is 2. The van der Waals surface area contributed by atoms with Crippen LogP contribution in [0.25, 0.3) is 0 Å². The number of likely N-dealkylation sites (N-methyl/N-ethyl adjacent to an activating group) is 1. The van der Waals surface area contributed by atoms with Crippen molar-refractivity contribution >= 4 is 13.3 Å². The molecule has 90 valence electrons. The average Bonchev–Trinajstić information content (AvgIpc) is 2.27. The number of methoxy groups -OCH3 is 1. The van der Waals surface area contributed by atoms with Crippen molar-refractivity contribution in [1.29, 1.82) is 0 Å². The minimum Gasteiger partial charge on any atom is -0.383 e. The van der Waals surface area contributed by atoms with Gasteiger partial charge < -0.3 is 9.64 Å². The second kappa shape index (κ2) is 6.18. The Balaban J connectivity index is 2.58. The molecule has 0 fully saturated rings. The summed E-state index contributed by atoms with van der Waals surface area (Å²) in [6.45, 7) is 6.67. The van der Waals surface area contributed by atoms with Gasteiger partial charge in [0.2, 0.25) is 0 Å². The third-order valence-corrected chi connectivity index (χ3v) is 6.12. The van der Waals surface area contributed by atoms with Gasteiger partial charge in [-0.1, -0.05) is 48.6 Å². The van der Waals surface area contributed by atoms with Gasteiger partial charge in [-0.3, -0.25) is 0 Å². The van der Waals surface area contributed by atoms with Crippen LogP contribution in [0.2, 0.25) is 13.1 Å². The van der Waals surface area contributed by atoms with E-state index in [0.29, 0.717) is 0 Å². The quantitative estimate of drug-likeness (QED) is 0.699. The maximum Gasteiger partial charge on any atom is 0.0948 e. The lowest BCUT2D eigenvalue weighted by molar-refractivity contribution is 0.168. The van der Waals surface area contributed by atoms with Crippen LogP contribution < -0.4 is 5.19 Å². The van der Waals surface area contributed by atoms with Crippen LogP contribution in [0.15, 0.2) is 30.3 Å². The zero-order valence-electron chi connectivity index (χ0n) is 10.9. The van der Waals surface area contributed by atoms with Crippen LogP contribution in [-0.2, 0) is 4.74 Å². The third kappa shape index (κ3) is 4.08. The largest absolute Gasteiger partial charge is 0.383 e. The molecule has 0 aliphatic heterocycles. The van der Waals surface area contributed by atoms with Gasteiger partial charge in [-0.2, -0.15) is 0 Å². The first-order chi connectivity index (χ1) is 7.56. The minimum atomic E-state index is -1.32. The molecule has 1 aromatic rings. The van der Waals surface area contributed by atoms with Gasteiger partial charge in [-0.15, -0.1) is 0 Å². The smallest absolute Gasteiger partial charge is 0.0948 e. The molecule has 2 nitrogen and oxygen atoms in total. The fraction of sp³-hybridized carbons (Fsp3) is 0.538. The third-order valence-electron chi connectivity index (χ3n) is 2.90. The first kappa shape index (κ1) is 13.4. The van der Waals surface area contributed by atoms with Crippen molar-refractivity contribution in [3.05, 3.63) is 30.3 Å². The highest BCUT2D eigenvalue weighted by Crippen LogP contribution is 2.05. The van der Waals surface area contributed by atoms with Gasteiger partial charge in [0.25, 0.3) is 0 Å². The summed E-state index contributed by atoms with van der Waals surface area (Å²) < 4.78 is 5.11. The van der Waals surface area contributed by atoms with E-state index >= 15 is 0 Å².